The van der Waals surface area contributed by atoms with Crippen LogP contribution in [0.1, 0.15) is 51.9 Å². The minimum absolute atomic E-state index is 0.00455. The number of hydrogen-bond donors (Lipinski definition) is 1. The molecule has 4 aliphatic heterocycles. The van der Waals surface area contributed by atoms with Crippen LogP contribution in [-0.4, -0.2) is 90.3 Å². The van der Waals surface area contributed by atoms with Crippen molar-refractivity contribution in [2.75, 3.05) is 38.0 Å². The highest BCUT2D eigenvalue weighted by molar-refractivity contribution is 7.89. The van der Waals surface area contributed by atoms with Gasteiger partial charge in [0.05, 0.1) is 16.3 Å². The van der Waals surface area contributed by atoms with E-state index in [0.717, 1.165) is 19.3 Å². The highest BCUT2D eigenvalue weighted by atomic mass is 32.2. The molecule has 4 unspecified atom stereocenters. The van der Waals surface area contributed by atoms with Crippen LogP contribution in [0.4, 0.5) is 18.9 Å². The summed E-state index contributed by atoms with van der Waals surface area (Å²) in [6, 6.07) is 2.76. The van der Waals surface area contributed by atoms with Crippen molar-refractivity contribution in [3.8, 4) is 0 Å². The second-order valence-electron chi connectivity index (χ2n) is 11.7. The van der Waals surface area contributed by atoms with Gasteiger partial charge in [-0.05, 0) is 81.0 Å². The van der Waals surface area contributed by atoms with Crippen LogP contribution in [0.25, 0.3) is 0 Å². The first-order valence-electron chi connectivity index (χ1n) is 14.3. The van der Waals surface area contributed by atoms with Crippen molar-refractivity contribution in [1.29, 1.82) is 0 Å². The van der Waals surface area contributed by atoms with Gasteiger partial charge < -0.3 is 10.2 Å². The van der Waals surface area contributed by atoms with Crippen LogP contribution in [0.3, 0.4) is 0 Å². The van der Waals surface area contributed by atoms with Gasteiger partial charge in [0.2, 0.25) is 21.8 Å². The number of carbonyl (C=O) groups excluding carboxylic acids is 2. The van der Waals surface area contributed by atoms with Crippen LogP contribution in [0.2, 0.25) is 0 Å². The minimum Gasteiger partial charge on any atom is -0.342 e. The Balaban J connectivity index is 1.26. The third-order valence-electron chi connectivity index (χ3n) is 9.17. The molecule has 0 bridgehead atoms. The number of carbonyl (C=O) groups is 2. The van der Waals surface area contributed by atoms with Gasteiger partial charge in [0.25, 0.3) is 0 Å². The molecule has 4 aliphatic rings. The van der Waals surface area contributed by atoms with Crippen LogP contribution in [0, 0.1) is 22.7 Å². The summed E-state index contributed by atoms with van der Waals surface area (Å²) in [7, 11) is -3.75. The summed E-state index contributed by atoms with van der Waals surface area (Å²) < 4.78 is 70.3. The Morgan fingerprint density at radius 3 is 2.12 bits per heavy atom. The first-order chi connectivity index (χ1) is 19.4. The second-order valence-corrected chi connectivity index (χ2v) is 13.6. The van der Waals surface area contributed by atoms with Crippen molar-refractivity contribution < 1.29 is 36.0 Å². The lowest BCUT2D eigenvalue weighted by Gasteiger charge is -2.40. The van der Waals surface area contributed by atoms with Gasteiger partial charge in [-0.25, -0.2) is 8.42 Å². The topological polar surface area (TPSA) is 110 Å². The van der Waals surface area contributed by atoms with Crippen molar-refractivity contribution in [1.82, 2.24) is 14.2 Å². The maximum absolute atomic E-state index is 14.1. The molecule has 0 aromatic heterocycles. The minimum atomic E-state index is -4.83. The first-order valence-corrected chi connectivity index (χ1v) is 15.8. The Kier molecular flexibility index (Phi) is 8.34. The van der Waals surface area contributed by atoms with Gasteiger partial charge in [-0.15, -0.1) is 5.01 Å². The molecule has 0 aliphatic carbocycles. The maximum atomic E-state index is 14.1. The smallest absolute Gasteiger partial charge is 0.342 e. The first kappa shape index (κ1) is 29.7. The average molecular weight is 601 g/mol. The molecule has 1 N–H and O–H groups in total. The molecule has 226 valence electrons. The van der Waals surface area contributed by atoms with Gasteiger partial charge in [0.15, 0.2) is 0 Å². The van der Waals surface area contributed by atoms with E-state index in [1.807, 2.05) is 0 Å². The summed E-state index contributed by atoms with van der Waals surface area (Å²) in [5, 5.41) is 3.82. The third-order valence-corrected chi connectivity index (χ3v) is 11.1. The number of rotatable bonds is 5. The zero-order chi connectivity index (χ0) is 29.5. The molecule has 0 radical (unpaired) electrons. The Bertz CT molecular complexity index is 1260. The van der Waals surface area contributed by atoms with Gasteiger partial charge >= 0.3 is 12.2 Å². The van der Waals surface area contributed by atoms with Gasteiger partial charge in [0, 0.05) is 38.8 Å². The molecule has 41 heavy (non-hydrogen) atoms. The molecule has 4 heterocycles. The van der Waals surface area contributed by atoms with E-state index in [4.69, 9.17) is 0 Å². The van der Waals surface area contributed by atoms with E-state index in [1.54, 1.807) is 0 Å². The molecular formula is C27H37F3N5O5S+. The van der Waals surface area contributed by atoms with Crippen molar-refractivity contribution in [2.24, 2.45) is 17.8 Å². The van der Waals surface area contributed by atoms with E-state index in [9.17, 15) is 36.1 Å². The number of hydrogen-bond acceptors (Lipinski definition) is 5. The van der Waals surface area contributed by atoms with E-state index in [1.165, 1.54) is 45.4 Å². The van der Waals surface area contributed by atoms with Gasteiger partial charge in [-0.2, -0.15) is 17.5 Å². The predicted molar refractivity (Wildman–Crippen MR) is 143 cm³/mol. The molecule has 4 fully saturated rings. The molecule has 10 nitrogen and oxygen atoms in total. The number of nitroso groups, excluding NO2 is 1. The monoisotopic (exact) mass is 600 g/mol. The lowest BCUT2D eigenvalue weighted by atomic mass is 9.74. The van der Waals surface area contributed by atoms with Crippen LogP contribution in [-0.2, 0) is 19.6 Å². The summed E-state index contributed by atoms with van der Waals surface area (Å²) in [5.41, 5.74) is 0.495. The van der Waals surface area contributed by atoms with E-state index >= 15 is 0 Å². The fraction of sp³-hybridized carbons (Fsp3) is 0.704. The molecular weight excluding hydrogens is 563 g/mol. The fourth-order valence-electron chi connectivity index (χ4n) is 7.13. The Hall–Kier alpha value is -2.74. The zero-order valence-corrected chi connectivity index (χ0v) is 23.9. The van der Waals surface area contributed by atoms with Crippen LogP contribution >= 0.6 is 0 Å². The summed E-state index contributed by atoms with van der Waals surface area (Å²) in [4.78, 5) is 39.2. The van der Waals surface area contributed by atoms with Crippen LogP contribution in [0.5, 0.6) is 0 Å². The molecule has 5 rings (SSSR count). The lowest BCUT2D eigenvalue weighted by molar-refractivity contribution is -0.735. The number of nitrogens with one attached hydrogen (secondary N) is 1. The maximum Gasteiger partial charge on any atom is 0.460 e. The normalized spacial score (nSPS) is 28.4. The summed E-state index contributed by atoms with van der Waals surface area (Å²) in [6.45, 7) is 2.90. The number of nitrogens with zero attached hydrogens (tertiary/aromatic N) is 4. The number of anilines is 1. The Morgan fingerprint density at radius 2 is 1.54 bits per heavy atom. The van der Waals surface area contributed by atoms with E-state index in [2.05, 4.69) is 5.32 Å². The fourth-order valence-corrected chi connectivity index (χ4v) is 8.60. The third kappa shape index (κ3) is 5.95. The number of piperidine rings is 3. The molecule has 1 aromatic carbocycles. The zero-order valence-electron chi connectivity index (χ0n) is 23.1. The van der Waals surface area contributed by atoms with Crippen LogP contribution in [0.15, 0.2) is 29.2 Å². The largest absolute Gasteiger partial charge is 0.460 e. The molecule has 0 spiro atoms. The molecule has 4 atom stereocenters. The number of fused-ring (bicyclic) bond motifs is 1. The quantitative estimate of drug-likeness (QED) is 0.519. The molecule has 2 amide bonds. The number of amides is 2. The SMILES string of the molecule is CC(=O)Nc1ccc(S(=O)(=O)N2CCC(C3CCN4C(C3)C(C(=O)N3CCCCC3)C(C(F)(F)F)[N+]4=O)CC2)cc1. The van der Waals surface area contributed by atoms with Gasteiger partial charge in [-0.3, -0.25) is 9.59 Å². The lowest BCUT2D eigenvalue weighted by Crippen LogP contribution is -2.51. The number of hydrazine groups is 1. The van der Waals surface area contributed by atoms with Gasteiger partial charge in [-0.1, -0.05) is 0 Å². The van der Waals surface area contributed by atoms with E-state index in [0.29, 0.717) is 44.5 Å². The van der Waals surface area contributed by atoms with Crippen molar-refractivity contribution in [3.63, 3.8) is 0 Å². The van der Waals surface area contributed by atoms with Crippen LogP contribution < -0.4 is 5.32 Å². The van der Waals surface area contributed by atoms with Crippen molar-refractivity contribution >= 4 is 27.5 Å². The van der Waals surface area contributed by atoms with E-state index < -0.39 is 40.1 Å². The van der Waals surface area contributed by atoms with Crippen molar-refractivity contribution in [2.45, 2.75) is 75.0 Å². The summed E-state index contributed by atoms with van der Waals surface area (Å²) >= 11 is 0. The standard InChI is InChI=1S/C27H36F3N5O5S/c1-18(36)31-21-5-7-22(8-6-21)41(39,40)33-14-9-19(10-15-33)20-11-16-34-23(17-20)24(25(35(34)38)27(28,29)30)26(37)32-12-3-2-4-13-32/h5-8,19-20,23-25H,2-4,9-17H2,1H3/p+1. The Morgan fingerprint density at radius 1 is 0.927 bits per heavy atom. The highest BCUT2D eigenvalue weighted by Crippen LogP contribution is 2.46. The summed E-state index contributed by atoms with van der Waals surface area (Å²) in [5.74, 6) is -2.22. The molecule has 1 aromatic rings. The number of benzene rings is 1. The second kappa shape index (κ2) is 11.5. The number of halogens is 3. The number of sulfonamides is 1. The van der Waals surface area contributed by atoms with E-state index in [-0.39, 0.29) is 47.1 Å². The predicted octanol–water partition coefficient (Wildman–Crippen LogP) is 3.39. The average Bonchev–Trinajstić information content (AvgIpc) is 3.25. The van der Waals surface area contributed by atoms with Gasteiger partial charge in [0.1, 0.15) is 16.8 Å². The molecule has 14 heteroatoms. The number of alkyl halides is 3. The molecule has 4 saturated heterocycles. The highest BCUT2D eigenvalue weighted by Gasteiger charge is 2.71. The van der Waals surface area contributed by atoms with Crippen molar-refractivity contribution in [3.05, 3.63) is 29.2 Å². The number of likely N-dealkylation sites (tertiary alicyclic amines) is 1. The molecule has 0 saturated carbocycles. The summed E-state index contributed by atoms with van der Waals surface area (Å²) in [6.07, 6.45) is -0.485. The Labute approximate surface area is 237 Å².